The molecule has 0 saturated heterocycles. The summed E-state index contributed by atoms with van der Waals surface area (Å²) in [6, 6.07) is 11.9. The van der Waals surface area contributed by atoms with Gasteiger partial charge in [0.05, 0.1) is 0 Å². The molecule has 106 valence electrons. The maximum atomic E-state index is 10.2. The molecule has 20 heavy (non-hydrogen) atoms. The van der Waals surface area contributed by atoms with Crippen molar-refractivity contribution in [2.75, 3.05) is 0 Å². The van der Waals surface area contributed by atoms with Gasteiger partial charge in [0.15, 0.2) is 0 Å². The molecule has 0 radical (unpaired) electrons. The van der Waals surface area contributed by atoms with Crippen molar-refractivity contribution in [2.45, 2.75) is 39.5 Å². The van der Waals surface area contributed by atoms with Gasteiger partial charge in [-0.2, -0.15) is 0 Å². The average molecular weight is 289 g/mol. The fourth-order valence-electron chi connectivity index (χ4n) is 2.68. The van der Waals surface area contributed by atoms with Crippen LogP contribution in [0.1, 0.15) is 50.7 Å². The van der Waals surface area contributed by atoms with E-state index in [-0.39, 0.29) is 11.7 Å². The lowest BCUT2D eigenvalue weighted by atomic mass is 9.86. The summed E-state index contributed by atoms with van der Waals surface area (Å²) in [5, 5.41) is 10.8. The Bertz CT molecular complexity index is 615. The molecule has 2 aromatic rings. The summed E-state index contributed by atoms with van der Waals surface area (Å²) in [4.78, 5) is 0. The second-order valence-electron chi connectivity index (χ2n) is 5.78. The zero-order valence-electron chi connectivity index (χ0n) is 12.4. The Morgan fingerprint density at radius 1 is 0.900 bits per heavy atom. The first-order valence-corrected chi connectivity index (χ1v) is 7.41. The third-order valence-corrected chi connectivity index (χ3v) is 3.79. The van der Waals surface area contributed by atoms with Crippen LogP contribution in [-0.2, 0) is 0 Å². The Balaban J connectivity index is 2.76. The molecule has 0 amide bonds. The van der Waals surface area contributed by atoms with Crippen molar-refractivity contribution < 1.29 is 5.11 Å². The zero-order valence-corrected chi connectivity index (χ0v) is 13.2. The maximum Gasteiger partial charge on any atom is 0.121 e. The molecule has 0 heterocycles. The van der Waals surface area contributed by atoms with E-state index in [0.29, 0.717) is 10.9 Å². The predicted octanol–water partition coefficient (Wildman–Crippen LogP) is 5.96. The highest BCUT2D eigenvalue weighted by molar-refractivity contribution is 6.31. The van der Waals surface area contributed by atoms with Crippen molar-refractivity contribution in [3.63, 3.8) is 0 Å². The molecule has 2 aromatic carbocycles. The number of hydrogen-bond acceptors (Lipinski definition) is 1. The summed E-state index contributed by atoms with van der Waals surface area (Å²) in [5.74, 6) is 0.941. The lowest BCUT2D eigenvalue weighted by molar-refractivity contribution is 0.465. The molecule has 0 spiro atoms. The van der Waals surface area contributed by atoms with Crippen LogP contribution in [-0.4, -0.2) is 5.11 Å². The van der Waals surface area contributed by atoms with E-state index >= 15 is 0 Å². The molecule has 2 heteroatoms. The Kier molecular flexibility index (Phi) is 4.39. The second kappa shape index (κ2) is 5.88. The minimum Gasteiger partial charge on any atom is -0.508 e. The molecular weight excluding hydrogens is 268 g/mol. The molecule has 0 aliphatic rings. The summed E-state index contributed by atoms with van der Waals surface area (Å²) >= 11 is 6.15. The lowest BCUT2D eigenvalue weighted by Crippen LogP contribution is -1.98. The molecule has 0 aliphatic heterocycles. The Labute approximate surface area is 126 Å². The van der Waals surface area contributed by atoms with E-state index in [1.54, 1.807) is 6.07 Å². The van der Waals surface area contributed by atoms with Crippen molar-refractivity contribution >= 4 is 11.6 Å². The number of hydrogen-bond donors (Lipinski definition) is 1. The zero-order chi connectivity index (χ0) is 14.9. The van der Waals surface area contributed by atoms with Crippen LogP contribution in [0.2, 0.25) is 5.02 Å². The van der Waals surface area contributed by atoms with E-state index < -0.39 is 0 Å². The quantitative estimate of drug-likeness (QED) is 0.739. The minimum atomic E-state index is 0.238. The predicted molar refractivity (Wildman–Crippen MR) is 86.7 cm³/mol. The molecule has 2 rings (SSSR count). The third kappa shape index (κ3) is 2.83. The van der Waals surface area contributed by atoms with Gasteiger partial charge in [-0.3, -0.25) is 0 Å². The Morgan fingerprint density at radius 2 is 1.55 bits per heavy atom. The first kappa shape index (κ1) is 14.9. The van der Waals surface area contributed by atoms with Gasteiger partial charge in [-0.1, -0.05) is 63.6 Å². The number of rotatable bonds is 3. The smallest absolute Gasteiger partial charge is 0.121 e. The molecule has 0 aliphatic carbocycles. The van der Waals surface area contributed by atoms with Crippen LogP contribution in [0.3, 0.4) is 0 Å². The van der Waals surface area contributed by atoms with Crippen LogP contribution in [0.25, 0.3) is 11.1 Å². The highest BCUT2D eigenvalue weighted by atomic mass is 35.5. The standard InChI is InChI=1S/C18H21ClO/c1-11(2)14-7-5-6-8-15(14)16-9-13(19)10-17(20)18(16)12(3)4/h5-12,20H,1-4H3. The van der Waals surface area contributed by atoms with Crippen molar-refractivity contribution in [1.82, 2.24) is 0 Å². The van der Waals surface area contributed by atoms with Crippen LogP contribution in [0.15, 0.2) is 36.4 Å². The van der Waals surface area contributed by atoms with Crippen LogP contribution in [0, 0.1) is 0 Å². The summed E-state index contributed by atoms with van der Waals surface area (Å²) in [6.45, 7) is 8.53. The van der Waals surface area contributed by atoms with Gasteiger partial charge in [0.2, 0.25) is 0 Å². The molecule has 0 unspecified atom stereocenters. The molecule has 0 bridgehead atoms. The van der Waals surface area contributed by atoms with Gasteiger partial charge in [0, 0.05) is 10.6 Å². The van der Waals surface area contributed by atoms with Crippen molar-refractivity contribution in [1.29, 1.82) is 0 Å². The van der Waals surface area contributed by atoms with Gasteiger partial charge in [-0.25, -0.2) is 0 Å². The van der Waals surface area contributed by atoms with Gasteiger partial charge in [0.25, 0.3) is 0 Å². The van der Waals surface area contributed by atoms with Crippen molar-refractivity contribution in [2.24, 2.45) is 0 Å². The number of phenolic OH excluding ortho intramolecular Hbond substituents is 1. The molecule has 0 saturated carbocycles. The lowest BCUT2D eigenvalue weighted by Gasteiger charge is -2.19. The van der Waals surface area contributed by atoms with E-state index in [1.807, 2.05) is 12.1 Å². The van der Waals surface area contributed by atoms with Crippen LogP contribution in [0.4, 0.5) is 0 Å². The summed E-state index contributed by atoms with van der Waals surface area (Å²) in [7, 11) is 0. The number of halogens is 1. The van der Waals surface area contributed by atoms with Crippen LogP contribution in [0.5, 0.6) is 5.75 Å². The molecule has 0 atom stereocenters. The van der Waals surface area contributed by atoms with Gasteiger partial charge >= 0.3 is 0 Å². The second-order valence-corrected chi connectivity index (χ2v) is 6.22. The first-order valence-electron chi connectivity index (χ1n) is 7.03. The fraction of sp³-hybridized carbons (Fsp3) is 0.333. The number of phenols is 1. The molecule has 1 nitrogen and oxygen atoms in total. The topological polar surface area (TPSA) is 20.2 Å². The summed E-state index contributed by atoms with van der Waals surface area (Å²) in [6.07, 6.45) is 0. The van der Waals surface area contributed by atoms with Gasteiger partial charge < -0.3 is 5.11 Å². The monoisotopic (exact) mass is 288 g/mol. The molecular formula is C18H21ClO. The van der Waals surface area contributed by atoms with Crippen LogP contribution < -0.4 is 0 Å². The summed E-state index contributed by atoms with van der Waals surface area (Å²) in [5.41, 5.74) is 4.43. The molecule has 1 N–H and O–H groups in total. The third-order valence-electron chi connectivity index (χ3n) is 3.57. The van der Waals surface area contributed by atoms with Crippen molar-refractivity contribution in [3.8, 4) is 16.9 Å². The van der Waals surface area contributed by atoms with Crippen LogP contribution >= 0.6 is 11.6 Å². The number of aromatic hydroxyl groups is 1. The number of benzene rings is 2. The van der Waals surface area contributed by atoms with E-state index in [1.165, 1.54) is 5.56 Å². The maximum absolute atomic E-state index is 10.2. The highest BCUT2D eigenvalue weighted by Crippen LogP contribution is 2.40. The van der Waals surface area contributed by atoms with Crippen molar-refractivity contribution in [3.05, 3.63) is 52.5 Å². The molecule has 0 fully saturated rings. The average Bonchev–Trinajstić information content (AvgIpc) is 2.37. The molecule has 0 aromatic heterocycles. The highest BCUT2D eigenvalue weighted by Gasteiger charge is 2.17. The first-order chi connectivity index (χ1) is 9.41. The van der Waals surface area contributed by atoms with Gasteiger partial charge in [-0.15, -0.1) is 0 Å². The Hall–Kier alpha value is -1.47. The fourth-order valence-corrected chi connectivity index (χ4v) is 2.89. The van der Waals surface area contributed by atoms with E-state index in [9.17, 15) is 5.11 Å². The summed E-state index contributed by atoms with van der Waals surface area (Å²) < 4.78 is 0. The SMILES string of the molecule is CC(C)c1ccccc1-c1cc(Cl)cc(O)c1C(C)C. The van der Waals surface area contributed by atoms with E-state index in [0.717, 1.165) is 16.7 Å². The largest absolute Gasteiger partial charge is 0.508 e. The minimum absolute atomic E-state index is 0.238. The van der Waals surface area contributed by atoms with Gasteiger partial charge in [0.1, 0.15) is 5.75 Å². The van der Waals surface area contributed by atoms with E-state index in [2.05, 4.69) is 45.9 Å². The normalized spacial score (nSPS) is 11.3. The van der Waals surface area contributed by atoms with Gasteiger partial charge in [-0.05, 0) is 40.7 Å². The van der Waals surface area contributed by atoms with E-state index in [4.69, 9.17) is 11.6 Å². The Morgan fingerprint density at radius 3 is 2.15 bits per heavy atom.